The van der Waals surface area contributed by atoms with Crippen molar-refractivity contribution in [3.8, 4) is 0 Å². The number of ether oxygens (including phenoxy) is 2. The number of methoxy groups -OCH3 is 1. The molecule has 0 radical (unpaired) electrons. The number of likely N-dealkylation sites (tertiary alicyclic amines) is 2. The molecular formula is C35H54N6O5. The molecule has 3 amide bonds. The van der Waals surface area contributed by atoms with Crippen molar-refractivity contribution >= 4 is 18.1 Å². The van der Waals surface area contributed by atoms with Gasteiger partial charge in [0.05, 0.1) is 24.1 Å². The second-order valence-electron chi connectivity index (χ2n) is 15.0. The van der Waals surface area contributed by atoms with Crippen LogP contribution < -0.4 is 0 Å². The van der Waals surface area contributed by atoms with E-state index in [2.05, 4.69) is 28.7 Å². The SMILES string of the molecule is CCCCC1CN(CC2C[C@H]3CC[C@@H](C2)N3C(=O)OC)C(=O)OC12CCN(C1(C)CCN(C(=O)c3c(C)ncnc3C)CC1)CC2. The summed E-state index contributed by atoms with van der Waals surface area (Å²) in [6.45, 7) is 13.1. The molecule has 4 atom stereocenters. The number of aryl methyl sites for hydroxylation is 2. The molecule has 2 bridgehead atoms. The topological polar surface area (TPSA) is 108 Å². The third kappa shape index (κ3) is 6.20. The highest BCUT2D eigenvalue weighted by Gasteiger charge is 2.52. The van der Waals surface area contributed by atoms with Crippen molar-refractivity contribution in [3.05, 3.63) is 23.3 Å². The van der Waals surface area contributed by atoms with E-state index in [1.54, 1.807) is 0 Å². The zero-order chi connectivity index (χ0) is 32.6. The molecule has 0 aliphatic carbocycles. The van der Waals surface area contributed by atoms with Crippen LogP contribution in [0, 0.1) is 25.7 Å². The Bertz CT molecular complexity index is 1260. The Kier molecular flexibility index (Phi) is 9.52. The zero-order valence-electron chi connectivity index (χ0n) is 28.6. The molecule has 1 spiro atoms. The van der Waals surface area contributed by atoms with Crippen LogP contribution in [0.4, 0.5) is 9.59 Å². The average Bonchev–Trinajstić information content (AvgIpc) is 3.31. The summed E-state index contributed by atoms with van der Waals surface area (Å²) in [7, 11) is 1.46. The quantitative estimate of drug-likeness (QED) is 0.402. The van der Waals surface area contributed by atoms with Gasteiger partial charge in [-0.05, 0) is 71.6 Å². The predicted molar refractivity (Wildman–Crippen MR) is 173 cm³/mol. The number of fused-ring (bicyclic) bond motifs is 2. The monoisotopic (exact) mass is 638 g/mol. The molecule has 46 heavy (non-hydrogen) atoms. The van der Waals surface area contributed by atoms with E-state index in [-0.39, 0.29) is 35.7 Å². The van der Waals surface area contributed by atoms with Crippen LogP contribution in [0.3, 0.4) is 0 Å². The Labute approximate surface area is 274 Å². The van der Waals surface area contributed by atoms with Gasteiger partial charge in [-0.25, -0.2) is 19.6 Å². The third-order valence-electron chi connectivity index (χ3n) is 12.3. The van der Waals surface area contributed by atoms with Gasteiger partial charge in [0.2, 0.25) is 0 Å². The lowest BCUT2D eigenvalue weighted by Crippen LogP contribution is -2.64. The summed E-state index contributed by atoms with van der Waals surface area (Å²) in [5, 5.41) is 0. The molecule has 11 nitrogen and oxygen atoms in total. The number of rotatable bonds is 7. The molecule has 11 heteroatoms. The van der Waals surface area contributed by atoms with E-state index in [0.29, 0.717) is 37.0 Å². The number of piperidine rings is 3. The molecule has 5 fully saturated rings. The molecule has 5 saturated heterocycles. The van der Waals surface area contributed by atoms with Gasteiger partial charge in [0, 0.05) is 75.7 Å². The molecule has 0 N–H and O–H groups in total. The fourth-order valence-corrected chi connectivity index (χ4v) is 9.44. The van der Waals surface area contributed by atoms with Gasteiger partial charge < -0.3 is 24.2 Å². The lowest BCUT2D eigenvalue weighted by atomic mass is 9.74. The van der Waals surface area contributed by atoms with E-state index >= 15 is 0 Å². The van der Waals surface area contributed by atoms with E-state index in [4.69, 9.17) is 9.47 Å². The first kappa shape index (κ1) is 33.0. The smallest absolute Gasteiger partial charge is 0.410 e. The number of hydrogen-bond donors (Lipinski definition) is 0. The van der Waals surface area contributed by atoms with Crippen molar-refractivity contribution in [1.29, 1.82) is 0 Å². The average molecular weight is 639 g/mol. The molecule has 254 valence electrons. The van der Waals surface area contributed by atoms with Gasteiger partial charge >= 0.3 is 12.2 Å². The Balaban J connectivity index is 1.06. The number of nitrogens with zero attached hydrogens (tertiary/aromatic N) is 6. The summed E-state index contributed by atoms with van der Waals surface area (Å²) in [5.41, 5.74) is 1.72. The minimum atomic E-state index is -0.401. The number of carbonyl (C=O) groups excluding carboxylic acids is 3. The molecular weight excluding hydrogens is 584 g/mol. The minimum absolute atomic E-state index is 0.0116. The molecule has 2 unspecified atom stereocenters. The summed E-state index contributed by atoms with van der Waals surface area (Å²) in [5.74, 6) is 0.744. The lowest BCUT2D eigenvalue weighted by molar-refractivity contribution is -0.135. The van der Waals surface area contributed by atoms with Crippen LogP contribution in [-0.4, -0.2) is 117 Å². The first-order valence-electron chi connectivity index (χ1n) is 17.7. The lowest BCUT2D eigenvalue weighted by Gasteiger charge is -2.55. The van der Waals surface area contributed by atoms with Gasteiger partial charge in [-0.1, -0.05) is 19.8 Å². The summed E-state index contributed by atoms with van der Waals surface area (Å²) in [4.78, 5) is 56.4. The van der Waals surface area contributed by atoms with Crippen molar-refractivity contribution in [2.45, 2.75) is 122 Å². The van der Waals surface area contributed by atoms with Crippen LogP contribution in [0.5, 0.6) is 0 Å². The number of amides is 3. The largest absolute Gasteiger partial charge is 0.453 e. The van der Waals surface area contributed by atoms with Crippen LogP contribution in [0.2, 0.25) is 0 Å². The maximum Gasteiger partial charge on any atom is 0.410 e. The van der Waals surface area contributed by atoms with Gasteiger partial charge in [0.1, 0.15) is 11.9 Å². The van der Waals surface area contributed by atoms with Crippen molar-refractivity contribution in [2.75, 3.05) is 46.4 Å². The standard InChI is InChI=1S/C35H54N6O5/c1-6-7-8-27-22-39(21-26-19-28-9-10-29(20-26)41(28)33(44)45-5)32(43)46-35(27)13-17-40(18-14-35)34(4)11-15-38(16-12-34)31(42)30-24(2)36-23-37-25(30)3/h23,26-29H,6-22H2,1-5H3/t26?,27?,28-,29+. The van der Waals surface area contributed by atoms with Crippen LogP contribution in [0.25, 0.3) is 0 Å². The Morgan fingerprint density at radius 1 is 1.00 bits per heavy atom. The van der Waals surface area contributed by atoms with Crippen LogP contribution in [-0.2, 0) is 9.47 Å². The highest BCUT2D eigenvalue weighted by atomic mass is 16.6. The van der Waals surface area contributed by atoms with Crippen LogP contribution in [0.15, 0.2) is 6.33 Å². The van der Waals surface area contributed by atoms with E-state index in [0.717, 1.165) is 102 Å². The summed E-state index contributed by atoms with van der Waals surface area (Å²) >= 11 is 0. The predicted octanol–water partition coefficient (Wildman–Crippen LogP) is 5.19. The summed E-state index contributed by atoms with van der Waals surface area (Å²) in [6.07, 6.45) is 11.9. The Morgan fingerprint density at radius 2 is 1.63 bits per heavy atom. The van der Waals surface area contributed by atoms with Gasteiger partial charge in [0.25, 0.3) is 5.91 Å². The molecule has 5 aliphatic heterocycles. The fourth-order valence-electron chi connectivity index (χ4n) is 9.44. The van der Waals surface area contributed by atoms with Gasteiger partial charge in [-0.15, -0.1) is 0 Å². The number of aromatic nitrogens is 2. The van der Waals surface area contributed by atoms with Crippen molar-refractivity contribution in [3.63, 3.8) is 0 Å². The molecule has 0 saturated carbocycles. The van der Waals surface area contributed by atoms with Crippen LogP contribution in [0.1, 0.15) is 106 Å². The van der Waals surface area contributed by atoms with E-state index in [1.165, 1.54) is 13.4 Å². The fraction of sp³-hybridized carbons (Fsp3) is 0.800. The normalized spacial score (nSPS) is 29.2. The first-order chi connectivity index (χ1) is 22.1. The van der Waals surface area contributed by atoms with Gasteiger partial charge in [-0.3, -0.25) is 9.69 Å². The molecule has 1 aromatic rings. The van der Waals surface area contributed by atoms with Gasteiger partial charge in [0.15, 0.2) is 0 Å². The molecule has 5 aliphatic rings. The Morgan fingerprint density at radius 3 is 2.22 bits per heavy atom. The maximum atomic E-state index is 13.6. The zero-order valence-corrected chi connectivity index (χ0v) is 28.6. The van der Waals surface area contributed by atoms with E-state index in [1.807, 2.05) is 28.5 Å². The maximum absolute atomic E-state index is 13.6. The Hall–Kier alpha value is -2.95. The van der Waals surface area contributed by atoms with Crippen LogP contribution >= 0.6 is 0 Å². The highest BCUT2D eigenvalue weighted by Crippen LogP contribution is 2.45. The molecule has 6 rings (SSSR count). The molecule has 0 aromatic carbocycles. The summed E-state index contributed by atoms with van der Waals surface area (Å²) < 4.78 is 11.6. The number of carbonyl (C=O) groups is 3. The third-order valence-corrected chi connectivity index (χ3v) is 12.3. The first-order valence-corrected chi connectivity index (χ1v) is 17.7. The van der Waals surface area contributed by atoms with Crippen molar-refractivity contribution < 1.29 is 23.9 Å². The van der Waals surface area contributed by atoms with E-state index < -0.39 is 5.60 Å². The second kappa shape index (κ2) is 13.3. The number of unbranched alkanes of at least 4 members (excludes halogenated alkanes) is 1. The van der Waals surface area contributed by atoms with E-state index in [9.17, 15) is 14.4 Å². The molecule has 6 heterocycles. The van der Waals surface area contributed by atoms with Crippen molar-refractivity contribution in [2.24, 2.45) is 11.8 Å². The highest BCUT2D eigenvalue weighted by molar-refractivity contribution is 5.96. The second-order valence-corrected chi connectivity index (χ2v) is 15.0. The van der Waals surface area contributed by atoms with Crippen molar-refractivity contribution in [1.82, 2.24) is 29.6 Å². The number of hydrogen-bond acceptors (Lipinski definition) is 8. The van der Waals surface area contributed by atoms with Gasteiger partial charge in [-0.2, -0.15) is 0 Å². The summed E-state index contributed by atoms with van der Waals surface area (Å²) in [6, 6.07) is 0.436. The minimum Gasteiger partial charge on any atom is -0.453 e. The molecule has 1 aromatic heterocycles.